The van der Waals surface area contributed by atoms with Crippen molar-refractivity contribution in [2.24, 2.45) is 0 Å². The summed E-state index contributed by atoms with van der Waals surface area (Å²) < 4.78 is 47.7. The van der Waals surface area contributed by atoms with Gasteiger partial charge in [-0.25, -0.2) is 0 Å². The minimum Gasteiger partial charge on any atom is -0.394 e. The van der Waals surface area contributed by atoms with Crippen molar-refractivity contribution in [2.45, 2.75) is 77.5 Å². The number of carbonyl (C=O) groups excluding carboxylic acids is 2. The second-order valence-corrected chi connectivity index (χ2v) is 11.8. The van der Waals surface area contributed by atoms with Crippen LogP contribution in [0.2, 0.25) is 0 Å². The Morgan fingerprint density at radius 3 is 1.86 bits per heavy atom. The maximum Gasteiger partial charge on any atom is 0.266 e. The third-order valence-corrected chi connectivity index (χ3v) is 6.39. The highest BCUT2D eigenvalue weighted by Crippen LogP contribution is 2.12. The molecule has 0 aliphatic heterocycles. The molecule has 220 valence electrons. The molecule has 0 saturated carbocycles. The van der Waals surface area contributed by atoms with E-state index in [1.54, 1.807) is 27.7 Å². The molecule has 12 nitrogen and oxygen atoms in total. The van der Waals surface area contributed by atoms with Crippen molar-refractivity contribution in [3.05, 3.63) is 0 Å². The lowest BCUT2D eigenvalue weighted by atomic mass is 9.94. The number of ketones is 2. The zero-order valence-corrected chi connectivity index (χ0v) is 24.1. The molecule has 0 rings (SSSR count). The number of Topliss-reactive ketones (excluding diaryl/α,β-unsaturated/α-hetero) is 2. The first-order valence-electron chi connectivity index (χ1n) is 12.7. The number of carbonyl (C=O) groups is 2. The molecule has 0 aromatic carbocycles. The van der Waals surface area contributed by atoms with Gasteiger partial charge in [0.15, 0.2) is 11.6 Å². The quantitative estimate of drug-likeness (QED) is 0.0794. The minimum absolute atomic E-state index is 0.0123. The Morgan fingerprint density at radius 1 is 0.838 bits per heavy atom. The first-order valence-corrected chi connectivity index (χ1v) is 14.3. The highest BCUT2D eigenvalue weighted by atomic mass is 32.2. The van der Waals surface area contributed by atoms with E-state index >= 15 is 0 Å². The van der Waals surface area contributed by atoms with Crippen LogP contribution in [0.4, 0.5) is 0 Å². The van der Waals surface area contributed by atoms with Gasteiger partial charge < -0.3 is 35.3 Å². The number of aliphatic hydroxyl groups is 1. The topological polar surface area (TPSA) is 173 Å². The average molecular weight is 556 g/mol. The smallest absolute Gasteiger partial charge is 0.266 e. The van der Waals surface area contributed by atoms with Crippen LogP contribution in [0.25, 0.3) is 0 Å². The molecule has 0 aliphatic rings. The molecule has 0 radical (unpaired) electrons. The minimum atomic E-state index is -4.15. The van der Waals surface area contributed by atoms with Crippen molar-refractivity contribution in [3.63, 3.8) is 0 Å². The van der Waals surface area contributed by atoms with E-state index in [2.05, 4.69) is 16.0 Å². The predicted octanol–water partition coefficient (Wildman–Crippen LogP) is -0.0623. The van der Waals surface area contributed by atoms with E-state index in [4.69, 9.17) is 23.9 Å². The lowest BCUT2D eigenvalue weighted by Gasteiger charge is -2.26. The van der Waals surface area contributed by atoms with Crippen LogP contribution in [-0.4, -0.2) is 118 Å². The summed E-state index contributed by atoms with van der Waals surface area (Å²) in [5, 5.41) is 18.0. The van der Waals surface area contributed by atoms with Gasteiger partial charge in [0.1, 0.15) is 6.61 Å². The predicted molar refractivity (Wildman–Crippen MR) is 141 cm³/mol. The summed E-state index contributed by atoms with van der Waals surface area (Å²) in [6.45, 7) is 13.1. The van der Waals surface area contributed by atoms with E-state index in [1.165, 1.54) is 0 Å². The third kappa shape index (κ3) is 18.8. The number of hydrogen-bond donors (Lipinski definition) is 5. The second-order valence-electron chi connectivity index (χ2n) is 10.3. The van der Waals surface area contributed by atoms with E-state index in [-0.39, 0.29) is 56.9 Å². The van der Waals surface area contributed by atoms with Crippen LogP contribution in [0.5, 0.6) is 0 Å². The molecule has 0 spiro atoms. The van der Waals surface area contributed by atoms with Crippen molar-refractivity contribution in [1.82, 2.24) is 16.0 Å². The summed E-state index contributed by atoms with van der Waals surface area (Å²) in [6.07, 6.45) is 0.446. The molecule has 0 aromatic heterocycles. The maximum absolute atomic E-state index is 12.7. The van der Waals surface area contributed by atoms with Gasteiger partial charge in [-0.3, -0.25) is 14.1 Å². The van der Waals surface area contributed by atoms with Gasteiger partial charge >= 0.3 is 0 Å². The molecule has 0 aliphatic carbocycles. The molecule has 0 aromatic rings. The Hall–Kier alpha value is -1.03. The normalized spacial score (nSPS) is 13.8. The van der Waals surface area contributed by atoms with Gasteiger partial charge in [0.25, 0.3) is 10.1 Å². The molecule has 0 heterocycles. The Balaban J connectivity index is 4.14. The first kappa shape index (κ1) is 36.0. The van der Waals surface area contributed by atoms with Gasteiger partial charge in [0.05, 0.1) is 56.5 Å². The second kappa shape index (κ2) is 18.3. The van der Waals surface area contributed by atoms with Crippen LogP contribution in [0, 0.1) is 0 Å². The Bertz CT molecular complexity index is 759. The SMILES string of the molecule is CC(C)NC(CCC(=O)C(C)(C)NCCOCCOCC(=O)C(C)(C)NCCOCCO)CS(=O)(=O)O. The summed E-state index contributed by atoms with van der Waals surface area (Å²) >= 11 is 0. The maximum atomic E-state index is 12.7. The highest BCUT2D eigenvalue weighted by Gasteiger charge is 2.28. The lowest BCUT2D eigenvalue weighted by Crippen LogP contribution is -2.49. The zero-order chi connectivity index (χ0) is 28.5. The van der Waals surface area contributed by atoms with Crippen LogP contribution in [0.15, 0.2) is 0 Å². The molecular weight excluding hydrogens is 506 g/mol. The molecule has 1 unspecified atom stereocenters. The fourth-order valence-corrected chi connectivity index (χ4v) is 4.13. The molecular formula is C24H49N3O9S. The molecule has 13 heteroatoms. The lowest BCUT2D eigenvalue weighted by molar-refractivity contribution is -0.129. The van der Waals surface area contributed by atoms with Gasteiger partial charge in [0.2, 0.25) is 0 Å². The van der Waals surface area contributed by atoms with E-state index in [9.17, 15) is 18.0 Å². The van der Waals surface area contributed by atoms with Crippen molar-refractivity contribution < 1.29 is 41.9 Å². The number of rotatable bonds is 24. The average Bonchev–Trinajstić information content (AvgIpc) is 2.77. The molecule has 0 saturated heterocycles. The monoisotopic (exact) mass is 555 g/mol. The Morgan fingerprint density at radius 2 is 1.35 bits per heavy atom. The highest BCUT2D eigenvalue weighted by molar-refractivity contribution is 7.85. The molecule has 5 N–H and O–H groups in total. The fraction of sp³-hybridized carbons (Fsp3) is 0.917. The number of aliphatic hydroxyl groups excluding tert-OH is 1. The van der Waals surface area contributed by atoms with Gasteiger partial charge in [-0.2, -0.15) is 8.42 Å². The van der Waals surface area contributed by atoms with E-state index in [0.717, 1.165) is 0 Å². The van der Waals surface area contributed by atoms with Gasteiger partial charge in [-0.1, -0.05) is 13.8 Å². The standard InChI is InChI=1S/C24H49N3O9S/c1-19(2)27-20(18-37(31,32)33)7-8-21(29)23(3,4)25-10-13-35-15-16-36-17-22(30)24(5,6)26-9-12-34-14-11-28/h19-20,25-28H,7-18H2,1-6H3,(H,31,32,33). The van der Waals surface area contributed by atoms with E-state index in [1.807, 2.05) is 13.8 Å². The molecule has 1 atom stereocenters. The Labute approximate surface area is 222 Å². The third-order valence-electron chi connectivity index (χ3n) is 5.56. The molecule has 0 bridgehead atoms. The van der Waals surface area contributed by atoms with Crippen LogP contribution >= 0.6 is 0 Å². The Kier molecular flexibility index (Phi) is 17.8. The summed E-state index contributed by atoms with van der Waals surface area (Å²) in [5.41, 5.74) is -1.59. The van der Waals surface area contributed by atoms with Gasteiger partial charge in [-0.15, -0.1) is 0 Å². The molecule has 37 heavy (non-hydrogen) atoms. The van der Waals surface area contributed by atoms with E-state index < -0.39 is 33.0 Å². The van der Waals surface area contributed by atoms with Crippen molar-refractivity contribution in [1.29, 1.82) is 0 Å². The number of nitrogens with one attached hydrogen (secondary N) is 3. The van der Waals surface area contributed by atoms with Crippen molar-refractivity contribution >= 4 is 21.7 Å². The summed E-state index contributed by atoms with van der Waals surface area (Å²) in [7, 11) is -4.15. The van der Waals surface area contributed by atoms with Crippen LogP contribution in [0.1, 0.15) is 54.4 Å². The summed E-state index contributed by atoms with van der Waals surface area (Å²) in [6, 6.07) is -0.504. The largest absolute Gasteiger partial charge is 0.394 e. The zero-order valence-electron chi connectivity index (χ0n) is 23.3. The first-order chi connectivity index (χ1) is 17.1. The summed E-state index contributed by atoms with van der Waals surface area (Å²) in [4.78, 5) is 25.0. The number of hydrogen-bond acceptors (Lipinski definition) is 11. The van der Waals surface area contributed by atoms with Gasteiger partial charge in [-0.05, 0) is 34.1 Å². The van der Waals surface area contributed by atoms with Crippen LogP contribution in [-0.2, 0) is 33.9 Å². The molecule has 0 fully saturated rings. The fourth-order valence-electron chi connectivity index (χ4n) is 3.36. The van der Waals surface area contributed by atoms with Crippen molar-refractivity contribution in [2.75, 3.05) is 65.1 Å². The van der Waals surface area contributed by atoms with Gasteiger partial charge in [0, 0.05) is 31.6 Å². The van der Waals surface area contributed by atoms with Crippen LogP contribution in [0.3, 0.4) is 0 Å². The number of ether oxygens (including phenoxy) is 3. The van der Waals surface area contributed by atoms with E-state index in [0.29, 0.717) is 32.9 Å². The summed E-state index contributed by atoms with van der Waals surface area (Å²) in [5.74, 6) is -0.613. The van der Waals surface area contributed by atoms with Crippen molar-refractivity contribution in [3.8, 4) is 0 Å². The molecule has 0 amide bonds. The van der Waals surface area contributed by atoms with Crippen LogP contribution < -0.4 is 16.0 Å².